The Bertz CT molecular complexity index is 163. The lowest BCUT2D eigenvalue weighted by Gasteiger charge is -2.05. The lowest BCUT2D eigenvalue weighted by atomic mass is 10.0. The molecule has 1 nitrogen and oxygen atoms in total. The maximum Gasteiger partial charge on any atom is 0.222 e. The molecule has 0 aromatic heterocycles. The van der Waals surface area contributed by atoms with Crippen molar-refractivity contribution in [2.75, 3.05) is 0 Å². The Hall–Kier alpha value is -0.300. The summed E-state index contributed by atoms with van der Waals surface area (Å²) in [5.74, 6) is 0.405. The molecule has 0 amide bonds. The van der Waals surface area contributed by atoms with Crippen molar-refractivity contribution in [2.24, 2.45) is 5.92 Å². The van der Waals surface area contributed by atoms with E-state index in [1.165, 1.54) is 12.8 Å². The molecule has 0 radical (unpaired) electrons. The third-order valence-electron chi connectivity index (χ3n) is 2.03. The second-order valence-corrected chi connectivity index (χ2v) is 3.45. The van der Waals surface area contributed by atoms with E-state index >= 15 is 0 Å². The van der Waals surface area contributed by atoms with Crippen molar-refractivity contribution >= 4 is 16.8 Å². The molecule has 0 saturated carbocycles. The summed E-state index contributed by atoms with van der Waals surface area (Å²) in [5, 5.41) is -0.207. The average Bonchev–Trinajstić information content (AvgIpc) is 2.14. The van der Waals surface area contributed by atoms with E-state index in [0.29, 0.717) is 12.3 Å². The number of allylic oxidation sites excluding steroid dienone is 2. The standard InChI is InChI=1S/C9H13ClO/c10-9(11)7-8-5-3-1-2-4-6-8/h3,5,8H,1-2,4,6-7H2. The quantitative estimate of drug-likeness (QED) is 0.463. The van der Waals surface area contributed by atoms with Crippen LogP contribution in [0.15, 0.2) is 12.2 Å². The molecule has 0 N–H and O–H groups in total. The maximum absolute atomic E-state index is 10.6. The Kier molecular flexibility index (Phi) is 3.64. The van der Waals surface area contributed by atoms with Crippen molar-refractivity contribution < 1.29 is 4.79 Å². The van der Waals surface area contributed by atoms with Gasteiger partial charge in [0.1, 0.15) is 0 Å². The molecule has 0 fully saturated rings. The van der Waals surface area contributed by atoms with Gasteiger partial charge in [0, 0.05) is 6.42 Å². The van der Waals surface area contributed by atoms with Gasteiger partial charge in [-0.1, -0.05) is 18.6 Å². The van der Waals surface area contributed by atoms with Crippen molar-refractivity contribution in [3.63, 3.8) is 0 Å². The Morgan fingerprint density at radius 1 is 1.55 bits per heavy atom. The van der Waals surface area contributed by atoms with Crippen LogP contribution in [0, 0.1) is 5.92 Å². The predicted molar refractivity (Wildman–Crippen MR) is 46.6 cm³/mol. The molecule has 1 atom stereocenters. The summed E-state index contributed by atoms with van der Waals surface area (Å²) in [4.78, 5) is 10.6. The summed E-state index contributed by atoms with van der Waals surface area (Å²) in [6, 6.07) is 0. The Morgan fingerprint density at radius 3 is 3.09 bits per heavy atom. The van der Waals surface area contributed by atoms with Crippen LogP contribution in [-0.4, -0.2) is 5.24 Å². The molecule has 1 aliphatic rings. The number of halogens is 1. The third kappa shape index (κ3) is 3.57. The van der Waals surface area contributed by atoms with Gasteiger partial charge in [-0.15, -0.1) is 0 Å². The molecule has 0 aromatic carbocycles. The van der Waals surface area contributed by atoms with Crippen molar-refractivity contribution in [3.8, 4) is 0 Å². The zero-order valence-electron chi connectivity index (χ0n) is 6.55. The van der Waals surface area contributed by atoms with Gasteiger partial charge in [0.15, 0.2) is 0 Å². The van der Waals surface area contributed by atoms with Gasteiger partial charge in [-0.05, 0) is 36.8 Å². The highest BCUT2D eigenvalue weighted by Crippen LogP contribution is 2.20. The van der Waals surface area contributed by atoms with Gasteiger partial charge in [-0.25, -0.2) is 0 Å². The largest absolute Gasteiger partial charge is 0.281 e. The molecule has 1 aliphatic carbocycles. The number of hydrogen-bond acceptors (Lipinski definition) is 1. The summed E-state index contributed by atoms with van der Waals surface area (Å²) >= 11 is 5.29. The summed E-state index contributed by atoms with van der Waals surface area (Å²) in [5.41, 5.74) is 0. The van der Waals surface area contributed by atoms with Gasteiger partial charge >= 0.3 is 0 Å². The molecular weight excluding hydrogens is 160 g/mol. The van der Waals surface area contributed by atoms with E-state index in [0.717, 1.165) is 12.8 Å². The maximum atomic E-state index is 10.6. The fraction of sp³-hybridized carbons (Fsp3) is 0.667. The first-order chi connectivity index (χ1) is 5.29. The minimum absolute atomic E-state index is 0.207. The lowest BCUT2D eigenvalue weighted by Crippen LogP contribution is -2.00. The zero-order valence-corrected chi connectivity index (χ0v) is 7.31. The molecule has 11 heavy (non-hydrogen) atoms. The van der Waals surface area contributed by atoms with Crippen LogP contribution < -0.4 is 0 Å². The van der Waals surface area contributed by atoms with Gasteiger partial charge in [0.25, 0.3) is 0 Å². The molecule has 0 aliphatic heterocycles. The van der Waals surface area contributed by atoms with Crippen molar-refractivity contribution in [1.82, 2.24) is 0 Å². The van der Waals surface area contributed by atoms with Crippen LogP contribution in [0.4, 0.5) is 0 Å². The Morgan fingerprint density at radius 2 is 2.36 bits per heavy atom. The second kappa shape index (κ2) is 4.55. The van der Waals surface area contributed by atoms with E-state index in [9.17, 15) is 4.79 Å². The third-order valence-corrected chi connectivity index (χ3v) is 2.18. The van der Waals surface area contributed by atoms with Crippen LogP contribution in [0.5, 0.6) is 0 Å². The summed E-state index contributed by atoms with van der Waals surface area (Å²) in [6.07, 6.45) is 9.57. The van der Waals surface area contributed by atoms with Crippen LogP contribution in [-0.2, 0) is 4.79 Å². The summed E-state index contributed by atoms with van der Waals surface area (Å²) < 4.78 is 0. The highest BCUT2D eigenvalue weighted by Gasteiger charge is 2.10. The molecule has 62 valence electrons. The molecule has 2 heteroatoms. The molecule has 0 heterocycles. The van der Waals surface area contributed by atoms with Gasteiger partial charge in [0.05, 0.1) is 0 Å². The first-order valence-corrected chi connectivity index (χ1v) is 4.52. The van der Waals surface area contributed by atoms with Crippen LogP contribution in [0.2, 0.25) is 0 Å². The van der Waals surface area contributed by atoms with E-state index in [1.54, 1.807) is 0 Å². The fourth-order valence-electron chi connectivity index (χ4n) is 1.43. The van der Waals surface area contributed by atoms with Gasteiger partial charge < -0.3 is 0 Å². The summed E-state index contributed by atoms with van der Waals surface area (Å²) in [7, 11) is 0. The van der Waals surface area contributed by atoms with Crippen LogP contribution in [0.3, 0.4) is 0 Å². The van der Waals surface area contributed by atoms with Gasteiger partial charge in [-0.3, -0.25) is 4.79 Å². The fourth-order valence-corrected chi connectivity index (χ4v) is 1.63. The monoisotopic (exact) mass is 172 g/mol. The molecular formula is C9H13ClO. The van der Waals surface area contributed by atoms with Crippen molar-refractivity contribution in [1.29, 1.82) is 0 Å². The molecule has 0 spiro atoms. The number of carbonyl (C=O) groups excluding carboxylic acids is 1. The molecule has 1 rings (SSSR count). The van der Waals surface area contributed by atoms with E-state index in [1.807, 2.05) is 0 Å². The minimum atomic E-state index is -0.207. The van der Waals surface area contributed by atoms with E-state index in [4.69, 9.17) is 11.6 Å². The Labute approximate surface area is 72.4 Å². The zero-order chi connectivity index (χ0) is 8.10. The first kappa shape index (κ1) is 8.79. The smallest absolute Gasteiger partial charge is 0.222 e. The van der Waals surface area contributed by atoms with Gasteiger partial charge in [-0.2, -0.15) is 0 Å². The predicted octanol–water partition coefficient (Wildman–Crippen LogP) is 2.89. The van der Waals surface area contributed by atoms with Crippen LogP contribution >= 0.6 is 11.6 Å². The normalized spacial score (nSPS) is 24.6. The highest BCUT2D eigenvalue weighted by molar-refractivity contribution is 6.63. The molecule has 1 unspecified atom stereocenters. The minimum Gasteiger partial charge on any atom is -0.281 e. The van der Waals surface area contributed by atoms with E-state index in [-0.39, 0.29) is 5.24 Å². The summed E-state index contributed by atoms with van der Waals surface area (Å²) in [6.45, 7) is 0. The van der Waals surface area contributed by atoms with Crippen molar-refractivity contribution in [3.05, 3.63) is 12.2 Å². The number of carbonyl (C=O) groups is 1. The molecule has 0 saturated heterocycles. The van der Waals surface area contributed by atoms with Gasteiger partial charge in [0.2, 0.25) is 5.24 Å². The SMILES string of the molecule is O=C(Cl)CC1C=CCCCC1. The van der Waals surface area contributed by atoms with Crippen LogP contribution in [0.25, 0.3) is 0 Å². The van der Waals surface area contributed by atoms with E-state index < -0.39 is 0 Å². The lowest BCUT2D eigenvalue weighted by molar-refractivity contribution is -0.112. The van der Waals surface area contributed by atoms with E-state index in [2.05, 4.69) is 12.2 Å². The number of rotatable bonds is 2. The van der Waals surface area contributed by atoms with Crippen molar-refractivity contribution in [2.45, 2.75) is 32.1 Å². The average molecular weight is 173 g/mol. The Balaban J connectivity index is 2.36. The van der Waals surface area contributed by atoms with Crippen LogP contribution in [0.1, 0.15) is 32.1 Å². The first-order valence-electron chi connectivity index (χ1n) is 4.14. The molecule has 0 aromatic rings. The topological polar surface area (TPSA) is 17.1 Å². The highest BCUT2D eigenvalue weighted by atomic mass is 35.5. The molecule has 0 bridgehead atoms. The second-order valence-electron chi connectivity index (χ2n) is 3.03. The number of hydrogen-bond donors (Lipinski definition) is 0.